The predicted octanol–water partition coefficient (Wildman–Crippen LogP) is 3.89. The van der Waals surface area contributed by atoms with Crippen LogP contribution in [0.3, 0.4) is 0 Å². The quantitative estimate of drug-likeness (QED) is 0.784. The van der Waals surface area contributed by atoms with Gasteiger partial charge in [-0.3, -0.25) is 4.79 Å². The molecule has 24 heavy (non-hydrogen) atoms. The van der Waals surface area contributed by atoms with Crippen molar-refractivity contribution >= 4 is 32.2 Å². The first-order chi connectivity index (χ1) is 11.5. The van der Waals surface area contributed by atoms with Gasteiger partial charge in [-0.05, 0) is 47.2 Å². The fourth-order valence-electron chi connectivity index (χ4n) is 2.45. The maximum Gasteiger partial charge on any atom is 0.255 e. The maximum atomic E-state index is 12.4. The predicted molar refractivity (Wildman–Crippen MR) is 96.1 cm³/mol. The van der Waals surface area contributed by atoms with Gasteiger partial charge in [0.2, 0.25) is 0 Å². The normalized spacial score (nSPS) is 11.4. The summed E-state index contributed by atoms with van der Waals surface area (Å²) < 4.78 is 23.6. The maximum absolute atomic E-state index is 12.4. The molecule has 1 amide bonds. The summed E-state index contributed by atoms with van der Waals surface area (Å²) in [5.41, 5.74) is 1.11. The molecule has 0 unspecified atom stereocenters. The van der Waals surface area contributed by atoms with Crippen molar-refractivity contribution in [1.82, 2.24) is 0 Å². The zero-order valence-corrected chi connectivity index (χ0v) is 14.0. The Bertz CT molecular complexity index is 993. The zero-order valence-electron chi connectivity index (χ0n) is 13.2. The van der Waals surface area contributed by atoms with Gasteiger partial charge in [0.15, 0.2) is 9.84 Å². The highest BCUT2D eigenvalue weighted by Gasteiger charge is 2.12. The summed E-state index contributed by atoms with van der Waals surface area (Å²) in [7, 11) is -3.23. The summed E-state index contributed by atoms with van der Waals surface area (Å²) in [6.07, 6.45) is 0. The molecule has 3 aromatic rings. The van der Waals surface area contributed by atoms with Crippen LogP contribution in [0.1, 0.15) is 17.3 Å². The molecule has 0 fully saturated rings. The number of carbonyl (C=O) groups is 1. The van der Waals surface area contributed by atoms with Crippen LogP contribution < -0.4 is 5.32 Å². The van der Waals surface area contributed by atoms with Crippen LogP contribution in [0.25, 0.3) is 10.8 Å². The Morgan fingerprint density at radius 2 is 1.58 bits per heavy atom. The lowest BCUT2D eigenvalue weighted by molar-refractivity contribution is 0.102. The third-order valence-electron chi connectivity index (χ3n) is 3.86. The van der Waals surface area contributed by atoms with Crippen LogP contribution in [0, 0.1) is 0 Å². The number of rotatable bonds is 4. The summed E-state index contributed by atoms with van der Waals surface area (Å²) >= 11 is 0. The molecule has 1 N–H and O–H groups in total. The molecule has 0 aliphatic rings. The molecule has 0 aliphatic heterocycles. The highest BCUT2D eigenvalue weighted by atomic mass is 32.2. The SMILES string of the molecule is CCS(=O)(=O)c1ccc(NC(=O)c2ccc3ccccc3c2)cc1. The smallest absolute Gasteiger partial charge is 0.255 e. The van der Waals surface area contributed by atoms with Crippen molar-refractivity contribution in [3.8, 4) is 0 Å². The van der Waals surface area contributed by atoms with Gasteiger partial charge in [0, 0.05) is 11.3 Å². The Hall–Kier alpha value is -2.66. The van der Waals surface area contributed by atoms with E-state index >= 15 is 0 Å². The van der Waals surface area contributed by atoms with E-state index in [9.17, 15) is 13.2 Å². The fourth-order valence-corrected chi connectivity index (χ4v) is 3.33. The molecule has 0 heterocycles. The second kappa shape index (κ2) is 6.45. The second-order valence-corrected chi connectivity index (χ2v) is 7.72. The third-order valence-corrected chi connectivity index (χ3v) is 5.61. The summed E-state index contributed by atoms with van der Waals surface area (Å²) in [4.78, 5) is 12.6. The molecule has 0 radical (unpaired) electrons. The minimum absolute atomic E-state index is 0.0514. The van der Waals surface area contributed by atoms with E-state index in [1.54, 1.807) is 25.1 Å². The average molecular weight is 339 g/mol. The van der Waals surface area contributed by atoms with Crippen LogP contribution >= 0.6 is 0 Å². The molecule has 5 heteroatoms. The molecule has 0 aromatic heterocycles. The van der Waals surface area contributed by atoms with Gasteiger partial charge in [0.25, 0.3) is 5.91 Å². The number of carbonyl (C=O) groups excluding carboxylic acids is 1. The number of fused-ring (bicyclic) bond motifs is 1. The van der Waals surface area contributed by atoms with Crippen molar-refractivity contribution in [2.45, 2.75) is 11.8 Å². The van der Waals surface area contributed by atoms with Crippen LogP contribution in [-0.2, 0) is 9.84 Å². The minimum Gasteiger partial charge on any atom is -0.322 e. The summed E-state index contributed by atoms with van der Waals surface area (Å²) in [5, 5.41) is 4.85. The molecule has 3 aromatic carbocycles. The first-order valence-corrected chi connectivity index (χ1v) is 9.28. The highest BCUT2D eigenvalue weighted by Crippen LogP contribution is 2.18. The molecule has 0 bridgehead atoms. The van der Waals surface area contributed by atoms with E-state index in [1.165, 1.54) is 12.1 Å². The lowest BCUT2D eigenvalue weighted by Crippen LogP contribution is -2.12. The van der Waals surface area contributed by atoms with Gasteiger partial charge in [-0.15, -0.1) is 0 Å². The van der Waals surface area contributed by atoms with Crippen molar-refractivity contribution < 1.29 is 13.2 Å². The molecule has 0 saturated heterocycles. The molecule has 0 spiro atoms. The van der Waals surface area contributed by atoms with Crippen molar-refractivity contribution in [2.75, 3.05) is 11.1 Å². The van der Waals surface area contributed by atoms with Crippen LogP contribution in [0.5, 0.6) is 0 Å². The number of benzene rings is 3. The number of amides is 1. The second-order valence-electron chi connectivity index (χ2n) is 5.44. The van der Waals surface area contributed by atoms with Gasteiger partial charge >= 0.3 is 0 Å². The molecular weight excluding hydrogens is 322 g/mol. The largest absolute Gasteiger partial charge is 0.322 e. The summed E-state index contributed by atoms with van der Waals surface area (Å²) in [6.45, 7) is 1.60. The molecule has 4 nitrogen and oxygen atoms in total. The van der Waals surface area contributed by atoms with Crippen molar-refractivity contribution in [3.05, 3.63) is 72.3 Å². The molecule has 0 aliphatic carbocycles. The van der Waals surface area contributed by atoms with Gasteiger partial charge in [-0.2, -0.15) is 0 Å². The van der Waals surface area contributed by atoms with Crippen molar-refractivity contribution in [3.63, 3.8) is 0 Å². The number of nitrogens with one attached hydrogen (secondary N) is 1. The summed E-state index contributed by atoms with van der Waals surface area (Å²) in [6, 6.07) is 19.5. The highest BCUT2D eigenvalue weighted by molar-refractivity contribution is 7.91. The Morgan fingerprint density at radius 1 is 0.917 bits per heavy atom. The van der Waals surface area contributed by atoms with E-state index in [1.807, 2.05) is 36.4 Å². The Balaban J connectivity index is 1.81. The van der Waals surface area contributed by atoms with Gasteiger partial charge in [0.1, 0.15) is 0 Å². The molecule has 0 saturated carbocycles. The average Bonchev–Trinajstić information content (AvgIpc) is 2.61. The molecule has 3 rings (SSSR count). The first-order valence-electron chi connectivity index (χ1n) is 7.62. The van der Waals surface area contributed by atoms with Crippen LogP contribution in [0.15, 0.2) is 71.6 Å². The number of hydrogen-bond donors (Lipinski definition) is 1. The first kappa shape index (κ1) is 16.2. The minimum atomic E-state index is -3.23. The number of sulfone groups is 1. The van der Waals surface area contributed by atoms with Gasteiger partial charge < -0.3 is 5.32 Å². The van der Waals surface area contributed by atoms with E-state index in [0.29, 0.717) is 11.3 Å². The number of anilines is 1. The summed E-state index contributed by atoms with van der Waals surface area (Å²) in [5.74, 6) is -0.178. The third kappa shape index (κ3) is 3.31. The number of hydrogen-bond acceptors (Lipinski definition) is 3. The van der Waals surface area contributed by atoms with Crippen LogP contribution in [0.4, 0.5) is 5.69 Å². The van der Waals surface area contributed by atoms with Crippen LogP contribution in [-0.4, -0.2) is 20.1 Å². The van der Waals surface area contributed by atoms with E-state index < -0.39 is 9.84 Å². The monoisotopic (exact) mass is 339 g/mol. The lowest BCUT2D eigenvalue weighted by Gasteiger charge is -2.07. The Morgan fingerprint density at radius 3 is 2.25 bits per heavy atom. The molecule has 0 atom stereocenters. The lowest BCUT2D eigenvalue weighted by atomic mass is 10.1. The van der Waals surface area contributed by atoms with Crippen LogP contribution in [0.2, 0.25) is 0 Å². The van der Waals surface area contributed by atoms with E-state index in [-0.39, 0.29) is 16.6 Å². The van der Waals surface area contributed by atoms with Crippen molar-refractivity contribution in [2.24, 2.45) is 0 Å². The van der Waals surface area contributed by atoms with Crippen molar-refractivity contribution in [1.29, 1.82) is 0 Å². The van der Waals surface area contributed by atoms with Gasteiger partial charge in [-0.1, -0.05) is 37.3 Å². The Labute approximate surface area is 141 Å². The molecule has 122 valence electrons. The van der Waals surface area contributed by atoms with Gasteiger partial charge in [0.05, 0.1) is 10.6 Å². The zero-order chi connectivity index (χ0) is 17.2. The van der Waals surface area contributed by atoms with Gasteiger partial charge in [-0.25, -0.2) is 8.42 Å². The topological polar surface area (TPSA) is 63.2 Å². The van der Waals surface area contributed by atoms with E-state index in [4.69, 9.17) is 0 Å². The molecular formula is C19H17NO3S. The standard InChI is InChI=1S/C19H17NO3S/c1-2-24(22,23)18-11-9-17(10-12-18)20-19(21)16-8-7-14-5-3-4-6-15(14)13-16/h3-13H,2H2,1H3,(H,20,21). The fraction of sp³-hybridized carbons (Fsp3) is 0.105. The van der Waals surface area contributed by atoms with E-state index in [2.05, 4.69) is 5.32 Å². The Kier molecular flexibility index (Phi) is 4.36. The van der Waals surface area contributed by atoms with E-state index in [0.717, 1.165) is 10.8 Å².